The highest BCUT2D eigenvalue weighted by Gasteiger charge is 2.05. The summed E-state index contributed by atoms with van der Waals surface area (Å²) in [4.78, 5) is 4.59. The second-order valence-electron chi connectivity index (χ2n) is 8.04. The number of azo groups is 2. The molecular weight excluding hydrogens is 460 g/mol. The number of phenolic OH excluding ortho intramolecular Hbond substituents is 1. The van der Waals surface area contributed by atoms with Crippen LogP contribution in [0, 0.1) is 11.3 Å². The van der Waals surface area contributed by atoms with Crippen LogP contribution in [0.1, 0.15) is 11.1 Å². The first-order valence-corrected chi connectivity index (χ1v) is 11.5. The Balaban J connectivity index is 1.34. The molecule has 0 spiro atoms. The van der Waals surface area contributed by atoms with Crippen molar-refractivity contribution in [1.82, 2.24) is 0 Å². The number of para-hydroxylation sites is 1. The molecule has 0 bridgehead atoms. The normalized spacial score (nSPS) is 11.5. The number of rotatable bonds is 6. The van der Waals surface area contributed by atoms with Crippen molar-refractivity contribution in [2.45, 2.75) is 0 Å². The Morgan fingerprint density at radius 2 is 1.08 bits per heavy atom. The molecule has 0 heterocycles. The fourth-order valence-corrected chi connectivity index (χ4v) is 3.62. The smallest absolute Gasteiger partial charge is 0.124 e. The molecule has 0 amide bonds. The molecule has 7 nitrogen and oxygen atoms in total. The highest BCUT2D eigenvalue weighted by molar-refractivity contribution is 6.01. The minimum absolute atomic E-state index is 0.183. The molecule has 0 aliphatic carbocycles. The van der Waals surface area contributed by atoms with Gasteiger partial charge < -0.3 is 5.11 Å². The lowest BCUT2D eigenvalue weighted by atomic mass is 10.1. The van der Waals surface area contributed by atoms with Crippen LogP contribution in [-0.2, 0) is 0 Å². The van der Waals surface area contributed by atoms with E-state index in [9.17, 15) is 5.11 Å². The molecular formula is C30H20N6O. The molecule has 0 aliphatic heterocycles. The highest BCUT2D eigenvalue weighted by atomic mass is 16.3. The number of nitriles is 1. The third kappa shape index (κ3) is 5.61. The molecule has 5 aromatic rings. The lowest BCUT2D eigenvalue weighted by Gasteiger charge is -2.05. The van der Waals surface area contributed by atoms with Crippen LogP contribution in [0.3, 0.4) is 0 Å². The molecule has 37 heavy (non-hydrogen) atoms. The van der Waals surface area contributed by atoms with E-state index in [1.807, 2.05) is 72.8 Å². The van der Waals surface area contributed by atoms with E-state index in [1.165, 1.54) is 0 Å². The molecule has 0 atom stereocenters. The predicted molar refractivity (Wildman–Crippen MR) is 145 cm³/mol. The molecule has 0 unspecified atom stereocenters. The first-order valence-electron chi connectivity index (χ1n) is 11.5. The van der Waals surface area contributed by atoms with Gasteiger partial charge in [0.15, 0.2) is 0 Å². The first kappa shape index (κ1) is 23.3. The minimum Gasteiger partial charge on any atom is -0.507 e. The summed E-state index contributed by atoms with van der Waals surface area (Å²) in [6.07, 6.45) is 1.65. The highest BCUT2D eigenvalue weighted by Crippen LogP contribution is 2.34. The van der Waals surface area contributed by atoms with Crippen molar-refractivity contribution in [2.75, 3.05) is 0 Å². The largest absolute Gasteiger partial charge is 0.507 e. The third-order valence-corrected chi connectivity index (χ3v) is 5.56. The molecule has 0 radical (unpaired) electrons. The minimum atomic E-state index is 0.183. The molecule has 5 rings (SSSR count). The van der Waals surface area contributed by atoms with Gasteiger partial charge in [-0.2, -0.15) is 20.6 Å². The van der Waals surface area contributed by atoms with E-state index in [-0.39, 0.29) is 5.75 Å². The lowest BCUT2D eigenvalue weighted by molar-refractivity contribution is 0.474. The van der Waals surface area contributed by atoms with E-state index >= 15 is 0 Å². The maximum absolute atomic E-state index is 10.0. The van der Waals surface area contributed by atoms with Crippen LogP contribution in [0.2, 0.25) is 0 Å². The molecule has 0 saturated heterocycles. The second kappa shape index (κ2) is 10.8. The molecule has 7 heteroatoms. The van der Waals surface area contributed by atoms with Crippen molar-refractivity contribution >= 4 is 45.4 Å². The monoisotopic (exact) mass is 480 g/mol. The van der Waals surface area contributed by atoms with Crippen LogP contribution in [0.25, 0.3) is 10.8 Å². The number of aliphatic imine (C=N–C) groups is 1. The average Bonchev–Trinajstić information content (AvgIpc) is 2.95. The van der Waals surface area contributed by atoms with E-state index in [0.29, 0.717) is 28.2 Å². The van der Waals surface area contributed by atoms with Crippen LogP contribution in [0.5, 0.6) is 5.75 Å². The molecule has 0 saturated carbocycles. The summed E-state index contributed by atoms with van der Waals surface area (Å²) in [6, 6.07) is 35.0. The standard InChI is InChI=1S/C30H20N6O/c31-19-21-9-11-23(12-10-21)33-34-24-13-15-25(16-14-24)35-36-29-18-17-28(26-6-2-3-7-27(26)29)32-20-22-5-1-4-8-30(22)37/h1-18,20,37H. The number of hydrogen-bond donors (Lipinski definition) is 1. The molecule has 0 aliphatic rings. The molecule has 5 aromatic carbocycles. The fraction of sp³-hybridized carbons (Fsp3) is 0. The van der Waals surface area contributed by atoms with Gasteiger partial charge >= 0.3 is 0 Å². The van der Waals surface area contributed by atoms with Gasteiger partial charge in [0.2, 0.25) is 0 Å². The van der Waals surface area contributed by atoms with Gasteiger partial charge in [0.1, 0.15) is 5.75 Å². The van der Waals surface area contributed by atoms with Crippen LogP contribution >= 0.6 is 0 Å². The Kier molecular flexibility index (Phi) is 6.82. The summed E-state index contributed by atoms with van der Waals surface area (Å²) in [5.41, 5.74) is 4.76. The van der Waals surface area contributed by atoms with Crippen molar-refractivity contribution in [3.05, 3.63) is 120 Å². The van der Waals surface area contributed by atoms with Crippen LogP contribution in [0.15, 0.2) is 135 Å². The first-order chi connectivity index (χ1) is 18.2. The average molecular weight is 481 g/mol. The quantitative estimate of drug-likeness (QED) is 0.193. The maximum atomic E-state index is 10.0. The lowest BCUT2D eigenvalue weighted by Crippen LogP contribution is -1.82. The fourth-order valence-electron chi connectivity index (χ4n) is 3.62. The molecule has 0 aromatic heterocycles. The van der Waals surface area contributed by atoms with Crippen molar-refractivity contribution in [2.24, 2.45) is 25.4 Å². The molecule has 1 N–H and O–H groups in total. The summed E-state index contributed by atoms with van der Waals surface area (Å²) in [7, 11) is 0. The number of phenols is 1. The van der Waals surface area contributed by atoms with Crippen molar-refractivity contribution < 1.29 is 5.11 Å². The summed E-state index contributed by atoms with van der Waals surface area (Å²) in [6.45, 7) is 0. The number of fused-ring (bicyclic) bond motifs is 1. The SMILES string of the molecule is N#Cc1ccc(N=Nc2ccc(N=Nc3ccc(N=Cc4ccccc4O)c4ccccc34)cc2)cc1. The van der Waals surface area contributed by atoms with E-state index in [2.05, 4.69) is 31.5 Å². The number of benzene rings is 5. The van der Waals surface area contributed by atoms with Gasteiger partial charge in [0.05, 0.1) is 40.1 Å². The second-order valence-corrected chi connectivity index (χ2v) is 8.04. The van der Waals surface area contributed by atoms with E-state index in [4.69, 9.17) is 5.26 Å². The zero-order chi connectivity index (χ0) is 25.5. The Morgan fingerprint density at radius 3 is 1.70 bits per heavy atom. The van der Waals surface area contributed by atoms with Gasteiger partial charge in [-0.05, 0) is 72.8 Å². The molecule has 0 fully saturated rings. The van der Waals surface area contributed by atoms with Crippen LogP contribution < -0.4 is 0 Å². The number of aromatic hydroxyl groups is 1. The Bertz CT molecular complexity index is 1680. The Morgan fingerprint density at radius 1 is 0.568 bits per heavy atom. The summed E-state index contributed by atoms with van der Waals surface area (Å²) < 4.78 is 0. The topological polar surface area (TPSA) is 106 Å². The Hall–Kier alpha value is -5.48. The Labute approximate surface area is 213 Å². The predicted octanol–water partition coefficient (Wildman–Crippen LogP) is 9.00. The van der Waals surface area contributed by atoms with Gasteiger partial charge in [0, 0.05) is 22.6 Å². The van der Waals surface area contributed by atoms with Crippen molar-refractivity contribution in [1.29, 1.82) is 5.26 Å². The van der Waals surface area contributed by atoms with Crippen LogP contribution in [-0.4, -0.2) is 11.3 Å². The molecule has 176 valence electrons. The summed E-state index contributed by atoms with van der Waals surface area (Å²) >= 11 is 0. The van der Waals surface area contributed by atoms with Gasteiger partial charge in [-0.3, -0.25) is 4.99 Å². The van der Waals surface area contributed by atoms with Crippen molar-refractivity contribution in [3.63, 3.8) is 0 Å². The third-order valence-electron chi connectivity index (χ3n) is 5.56. The van der Waals surface area contributed by atoms with Gasteiger partial charge in [-0.25, -0.2) is 0 Å². The van der Waals surface area contributed by atoms with Crippen molar-refractivity contribution in [3.8, 4) is 11.8 Å². The van der Waals surface area contributed by atoms with Gasteiger partial charge in [-0.1, -0.05) is 36.4 Å². The van der Waals surface area contributed by atoms with Crippen LogP contribution in [0.4, 0.5) is 28.4 Å². The number of nitrogens with zero attached hydrogens (tertiary/aromatic N) is 6. The zero-order valence-electron chi connectivity index (χ0n) is 19.6. The van der Waals surface area contributed by atoms with Gasteiger partial charge in [-0.15, -0.1) is 5.11 Å². The maximum Gasteiger partial charge on any atom is 0.124 e. The van der Waals surface area contributed by atoms with E-state index in [0.717, 1.165) is 22.1 Å². The zero-order valence-corrected chi connectivity index (χ0v) is 19.6. The summed E-state index contributed by atoms with van der Waals surface area (Å²) in [5.74, 6) is 0.183. The van der Waals surface area contributed by atoms with Gasteiger partial charge in [0.25, 0.3) is 0 Å². The summed E-state index contributed by atoms with van der Waals surface area (Å²) in [5, 5.41) is 38.0. The number of hydrogen-bond acceptors (Lipinski definition) is 7. The van der Waals surface area contributed by atoms with E-state index < -0.39 is 0 Å². The van der Waals surface area contributed by atoms with E-state index in [1.54, 1.807) is 42.6 Å².